The summed E-state index contributed by atoms with van der Waals surface area (Å²) in [6.45, 7) is 4.52. The molecule has 1 rings (SSSR count). The lowest BCUT2D eigenvalue weighted by atomic mass is 10.2. The van der Waals surface area contributed by atoms with E-state index < -0.39 is 0 Å². The molecule has 5 heteroatoms. The first kappa shape index (κ1) is 14.7. The number of aromatic nitrogens is 1. The summed E-state index contributed by atoms with van der Waals surface area (Å²) < 4.78 is 0. The Bertz CT molecular complexity index is 502. The average molecular weight is 258 g/mol. The fraction of sp³-hybridized carbons (Fsp3) is 0.357. The number of carbonyl (C=O) groups is 1. The molecular weight excluding hydrogens is 240 g/mol. The largest absolute Gasteiger partial charge is 0.351 e. The van der Waals surface area contributed by atoms with E-state index in [2.05, 4.69) is 15.6 Å². The Labute approximate surface area is 113 Å². The molecule has 0 fully saturated rings. The van der Waals surface area contributed by atoms with Crippen LogP contribution in [0.1, 0.15) is 25.3 Å². The van der Waals surface area contributed by atoms with Crippen molar-refractivity contribution in [2.24, 2.45) is 0 Å². The van der Waals surface area contributed by atoms with Crippen LogP contribution >= 0.6 is 0 Å². The Morgan fingerprint density at radius 2 is 2.37 bits per heavy atom. The Hall–Kier alpha value is -2.35. The monoisotopic (exact) mass is 258 g/mol. The van der Waals surface area contributed by atoms with Gasteiger partial charge in [-0.2, -0.15) is 5.26 Å². The summed E-state index contributed by atoms with van der Waals surface area (Å²) in [5.41, 5.74) is 0.989. The van der Waals surface area contributed by atoms with Gasteiger partial charge >= 0.3 is 0 Å². The van der Waals surface area contributed by atoms with Gasteiger partial charge < -0.3 is 10.6 Å². The molecule has 0 aliphatic heterocycles. The Morgan fingerprint density at radius 1 is 1.58 bits per heavy atom. The molecule has 1 aromatic rings. The van der Waals surface area contributed by atoms with E-state index in [1.807, 2.05) is 32.0 Å². The van der Waals surface area contributed by atoms with Gasteiger partial charge in [-0.3, -0.25) is 4.79 Å². The molecule has 0 saturated carbocycles. The number of aryl methyl sites for hydroxylation is 1. The molecule has 5 nitrogen and oxygen atoms in total. The number of carbonyl (C=O) groups excluding carboxylic acids is 1. The molecule has 0 aromatic carbocycles. The fourth-order valence-electron chi connectivity index (χ4n) is 1.40. The molecule has 0 bridgehead atoms. The van der Waals surface area contributed by atoms with E-state index in [1.165, 1.54) is 6.20 Å². The first-order chi connectivity index (χ1) is 9.19. The van der Waals surface area contributed by atoms with Gasteiger partial charge in [0.15, 0.2) is 0 Å². The van der Waals surface area contributed by atoms with Crippen molar-refractivity contribution in [2.45, 2.75) is 26.7 Å². The first-order valence-corrected chi connectivity index (χ1v) is 6.25. The molecule has 0 radical (unpaired) electrons. The highest BCUT2D eigenvalue weighted by atomic mass is 16.1. The third kappa shape index (κ3) is 4.80. The SMILES string of the molecule is CCCCNC(=O)/C(C#N)=C\Nc1ncccc1C. The van der Waals surface area contributed by atoms with Gasteiger partial charge in [0.05, 0.1) is 0 Å². The molecule has 100 valence electrons. The van der Waals surface area contributed by atoms with Crippen molar-refractivity contribution in [1.29, 1.82) is 5.26 Å². The normalized spacial score (nSPS) is 10.7. The highest BCUT2D eigenvalue weighted by Gasteiger charge is 2.07. The van der Waals surface area contributed by atoms with E-state index in [0.717, 1.165) is 18.4 Å². The van der Waals surface area contributed by atoms with Crippen molar-refractivity contribution in [3.05, 3.63) is 35.7 Å². The van der Waals surface area contributed by atoms with E-state index >= 15 is 0 Å². The molecule has 0 aliphatic rings. The summed E-state index contributed by atoms with van der Waals surface area (Å²) >= 11 is 0. The van der Waals surface area contributed by atoms with Gasteiger partial charge in [0.1, 0.15) is 17.5 Å². The van der Waals surface area contributed by atoms with Crippen LogP contribution in [0.15, 0.2) is 30.1 Å². The van der Waals surface area contributed by atoms with Crippen LogP contribution in [0, 0.1) is 18.3 Å². The lowest BCUT2D eigenvalue weighted by molar-refractivity contribution is -0.117. The van der Waals surface area contributed by atoms with E-state index in [-0.39, 0.29) is 11.5 Å². The summed E-state index contributed by atoms with van der Waals surface area (Å²) in [6, 6.07) is 5.60. The van der Waals surface area contributed by atoms with Gasteiger partial charge in [-0.15, -0.1) is 0 Å². The number of anilines is 1. The molecule has 0 aliphatic carbocycles. The lowest BCUT2D eigenvalue weighted by Gasteiger charge is -2.05. The summed E-state index contributed by atoms with van der Waals surface area (Å²) in [5, 5.41) is 14.5. The van der Waals surface area contributed by atoms with Gasteiger partial charge in [0.25, 0.3) is 5.91 Å². The third-order valence-corrected chi connectivity index (χ3v) is 2.54. The van der Waals surface area contributed by atoms with Crippen molar-refractivity contribution in [3.63, 3.8) is 0 Å². The van der Waals surface area contributed by atoms with Crippen molar-refractivity contribution in [3.8, 4) is 6.07 Å². The van der Waals surface area contributed by atoms with Crippen LogP contribution in [0.2, 0.25) is 0 Å². The smallest absolute Gasteiger partial charge is 0.263 e. The Morgan fingerprint density at radius 3 is 3.00 bits per heavy atom. The second kappa shape index (κ2) is 7.88. The van der Waals surface area contributed by atoms with Crippen LogP contribution in [0.25, 0.3) is 0 Å². The van der Waals surface area contributed by atoms with Crippen molar-refractivity contribution in [1.82, 2.24) is 10.3 Å². The van der Waals surface area contributed by atoms with Crippen LogP contribution in [0.5, 0.6) is 0 Å². The zero-order valence-corrected chi connectivity index (χ0v) is 11.2. The van der Waals surface area contributed by atoms with Crippen molar-refractivity contribution in [2.75, 3.05) is 11.9 Å². The second-order valence-electron chi connectivity index (χ2n) is 4.09. The summed E-state index contributed by atoms with van der Waals surface area (Å²) in [7, 11) is 0. The summed E-state index contributed by atoms with van der Waals surface area (Å²) in [4.78, 5) is 15.8. The standard InChI is InChI=1S/C14H18N4O/c1-3-4-7-17-14(19)12(9-15)10-18-13-11(2)6-5-8-16-13/h5-6,8,10H,3-4,7H2,1-2H3,(H,16,18)(H,17,19)/b12-10-. The minimum absolute atomic E-state index is 0.0427. The number of amides is 1. The van der Waals surface area contributed by atoms with E-state index in [9.17, 15) is 4.79 Å². The molecule has 19 heavy (non-hydrogen) atoms. The number of nitriles is 1. The highest BCUT2D eigenvalue weighted by Crippen LogP contribution is 2.09. The van der Waals surface area contributed by atoms with E-state index in [4.69, 9.17) is 5.26 Å². The molecule has 0 atom stereocenters. The quantitative estimate of drug-likeness (QED) is 0.465. The predicted octanol–water partition coefficient (Wildman–Crippen LogP) is 2.13. The molecule has 0 spiro atoms. The fourth-order valence-corrected chi connectivity index (χ4v) is 1.40. The average Bonchev–Trinajstić information content (AvgIpc) is 2.41. The Kier molecular flexibility index (Phi) is 6.10. The van der Waals surface area contributed by atoms with Gasteiger partial charge in [-0.05, 0) is 25.0 Å². The zero-order chi connectivity index (χ0) is 14.1. The van der Waals surface area contributed by atoms with Crippen LogP contribution in [0.4, 0.5) is 5.82 Å². The van der Waals surface area contributed by atoms with Crippen molar-refractivity contribution < 1.29 is 4.79 Å². The number of hydrogen-bond acceptors (Lipinski definition) is 4. The molecule has 1 aromatic heterocycles. The number of nitrogens with one attached hydrogen (secondary N) is 2. The van der Waals surface area contributed by atoms with Gasteiger partial charge in [-0.25, -0.2) is 4.98 Å². The van der Waals surface area contributed by atoms with Gasteiger partial charge in [-0.1, -0.05) is 19.4 Å². The van der Waals surface area contributed by atoms with Gasteiger partial charge in [0.2, 0.25) is 0 Å². The second-order valence-corrected chi connectivity index (χ2v) is 4.09. The zero-order valence-electron chi connectivity index (χ0n) is 11.2. The van der Waals surface area contributed by atoms with Crippen LogP contribution in [-0.2, 0) is 4.79 Å². The maximum Gasteiger partial charge on any atom is 0.263 e. The lowest BCUT2D eigenvalue weighted by Crippen LogP contribution is -2.25. The number of nitrogens with zero attached hydrogens (tertiary/aromatic N) is 2. The van der Waals surface area contributed by atoms with Crippen LogP contribution in [0.3, 0.4) is 0 Å². The van der Waals surface area contributed by atoms with E-state index in [1.54, 1.807) is 6.20 Å². The summed E-state index contributed by atoms with van der Waals surface area (Å²) in [5.74, 6) is 0.272. The number of pyridine rings is 1. The predicted molar refractivity (Wildman–Crippen MR) is 74.2 cm³/mol. The molecule has 0 saturated heterocycles. The molecule has 0 unspecified atom stereocenters. The number of hydrogen-bond donors (Lipinski definition) is 2. The van der Waals surface area contributed by atoms with Crippen molar-refractivity contribution >= 4 is 11.7 Å². The van der Waals surface area contributed by atoms with Gasteiger partial charge in [0, 0.05) is 18.9 Å². The van der Waals surface area contributed by atoms with Crippen LogP contribution < -0.4 is 10.6 Å². The Balaban J connectivity index is 2.65. The first-order valence-electron chi connectivity index (χ1n) is 6.25. The van der Waals surface area contributed by atoms with E-state index in [0.29, 0.717) is 12.4 Å². The maximum absolute atomic E-state index is 11.7. The number of unbranched alkanes of at least 4 members (excludes halogenated alkanes) is 1. The molecule has 2 N–H and O–H groups in total. The minimum atomic E-state index is -0.364. The molecular formula is C14H18N4O. The number of rotatable bonds is 6. The molecule has 1 amide bonds. The highest BCUT2D eigenvalue weighted by molar-refractivity contribution is 5.97. The minimum Gasteiger partial charge on any atom is -0.351 e. The molecule has 1 heterocycles. The maximum atomic E-state index is 11.7. The van der Waals surface area contributed by atoms with Crippen LogP contribution in [-0.4, -0.2) is 17.4 Å². The third-order valence-electron chi connectivity index (χ3n) is 2.54. The topological polar surface area (TPSA) is 77.8 Å². The summed E-state index contributed by atoms with van der Waals surface area (Å²) in [6.07, 6.45) is 4.93.